The minimum atomic E-state index is -0.448. The van der Waals surface area contributed by atoms with Crippen molar-refractivity contribution in [3.8, 4) is 17.3 Å². The summed E-state index contributed by atoms with van der Waals surface area (Å²) in [4.78, 5) is 27.5. The van der Waals surface area contributed by atoms with E-state index in [-0.39, 0.29) is 17.8 Å². The number of piperazine rings is 1. The molecular weight excluding hydrogens is 566 g/mol. The average Bonchev–Trinajstić information content (AvgIpc) is 3.39. The Morgan fingerprint density at radius 2 is 1.82 bits per heavy atom. The number of amides is 1. The van der Waals surface area contributed by atoms with Gasteiger partial charge in [-0.05, 0) is 55.2 Å². The van der Waals surface area contributed by atoms with Crippen LogP contribution in [0.25, 0.3) is 28.3 Å². The number of nitrogens with zero attached hydrogens (tertiary/aromatic N) is 8. The highest BCUT2D eigenvalue weighted by Crippen LogP contribution is 2.42. The first-order chi connectivity index (χ1) is 21.6. The van der Waals surface area contributed by atoms with Crippen molar-refractivity contribution in [3.05, 3.63) is 48.9 Å². The Kier molecular flexibility index (Phi) is 7.75. The van der Waals surface area contributed by atoms with Crippen molar-refractivity contribution in [1.29, 1.82) is 0 Å². The Morgan fingerprint density at radius 3 is 2.55 bits per heavy atom. The molecule has 5 aromatic rings. The molecule has 230 valence electrons. The van der Waals surface area contributed by atoms with E-state index in [4.69, 9.17) is 24.4 Å². The lowest BCUT2D eigenvalue weighted by atomic mass is 10.1. The number of hydrogen-bond donors (Lipinski definition) is 1. The maximum Gasteiger partial charge on any atom is 0.247 e. The van der Waals surface area contributed by atoms with Gasteiger partial charge in [0, 0.05) is 39.0 Å². The molecule has 0 spiro atoms. The molecule has 1 atom stereocenters. The third-order valence-electron chi connectivity index (χ3n) is 8.10. The summed E-state index contributed by atoms with van der Waals surface area (Å²) in [5.74, 6) is 2.17. The van der Waals surface area contributed by atoms with E-state index in [0.29, 0.717) is 67.8 Å². The van der Waals surface area contributed by atoms with Crippen molar-refractivity contribution in [3.63, 3.8) is 0 Å². The first-order valence-electron chi connectivity index (χ1n) is 14.9. The van der Waals surface area contributed by atoms with Gasteiger partial charge in [0.15, 0.2) is 17.1 Å². The highest BCUT2D eigenvalue weighted by atomic mass is 16.5. The second-order valence-electron chi connectivity index (χ2n) is 11.0. The first kappa shape index (κ1) is 28.1. The maximum absolute atomic E-state index is 14.0. The monoisotopic (exact) mass is 601 g/mol. The Morgan fingerprint density at radius 1 is 1.02 bits per heavy atom. The van der Waals surface area contributed by atoms with E-state index in [1.165, 1.54) is 4.52 Å². The number of methoxy groups -OCH3 is 1. The van der Waals surface area contributed by atoms with Crippen LogP contribution in [0, 0.1) is 5.92 Å². The van der Waals surface area contributed by atoms with Crippen LogP contribution >= 0.6 is 0 Å². The summed E-state index contributed by atoms with van der Waals surface area (Å²) in [6.07, 6.45) is 5.20. The van der Waals surface area contributed by atoms with Crippen LogP contribution in [0.15, 0.2) is 53.3 Å². The molecule has 44 heavy (non-hydrogen) atoms. The minimum Gasteiger partial charge on any atom is -0.491 e. The van der Waals surface area contributed by atoms with Crippen LogP contribution in [-0.2, 0) is 14.3 Å². The number of rotatable bonds is 12. The van der Waals surface area contributed by atoms with Gasteiger partial charge < -0.3 is 34.2 Å². The molecule has 1 saturated heterocycles. The molecule has 4 aromatic heterocycles. The van der Waals surface area contributed by atoms with E-state index < -0.39 is 6.04 Å². The van der Waals surface area contributed by atoms with E-state index in [2.05, 4.69) is 37.2 Å². The van der Waals surface area contributed by atoms with Crippen molar-refractivity contribution >= 4 is 34.2 Å². The molecule has 2 aliphatic rings. The standard InChI is InChI=1S/C30H35N9O5/c1-41-15-16-42-17-18-43-22-8-6-21(7-9-22)36-10-12-37(13-11-36)29(40)25(20-4-5-20)38-28-23(19-32-38)27-33-26(24-3-2-14-44-24)35-39(27)30(31)34-28/h2-3,6-9,14,19-20,25H,4-5,10-13,15-18H2,1H3,(H2,31,34). The highest BCUT2D eigenvalue weighted by Gasteiger charge is 2.42. The quantitative estimate of drug-likeness (QED) is 0.210. The normalized spacial score (nSPS) is 16.2. The smallest absolute Gasteiger partial charge is 0.247 e. The Labute approximate surface area is 253 Å². The SMILES string of the molecule is COCCOCCOc1ccc(N2CCN(C(=O)C(C3CC3)n3ncc4c3nc(N)n3nc(-c5ccco5)nc43)CC2)cc1. The molecule has 14 heteroatoms. The number of aromatic nitrogens is 6. The number of fused-ring (bicyclic) bond motifs is 3. The molecule has 7 rings (SSSR count). The van der Waals surface area contributed by atoms with Gasteiger partial charge in [0.2, 0.25) is 17.7 Å². The van der Waals surface area contributed by atoms with E-state index >= 15 is 0 Å². The van der Waals surface area contributed by atoms with Crippen molar-refractivity contribution < 1.29 is 23.4 Å². The van der Waals surface area contributed by atoms with E-state index in [1.807, 2.05) is 17.0 Å². The topological polar surface area (TPSA) is 151 Å². The van der Waals surface area contributed by atoms with E-state index in [1.54, 1.807) is 36.4 Å². The number of anilines is 2. The van der Waals surface area contributed by atoms with Gasteiger partial charge in [-0.2, -0.15) is 14.6 Å². The summed E-state index contributed by atoms with van der Waals surface area (Å²) in [7, 11) is 1.65. The number of hydrogen-bond acceptors (Lipinski definition) is 11. The van der Waals surface area contributed by atoms with Crippen LogP contribution in [0.4, 0.5) is 11.6 Å². The number of nitrogens with two attached hydrogens (primary N) is 1. The summed E-state index contributed by atoms with van der Waals surface area (Å²) in [5, 5.41) is 9.81. The first-order valence-corrected chi connectivity index (χ1v) is 14.9. The summed E-state index contributed by atoms with van der Waals surface area (Å²) in [6.45, 7) is 4.83. The third-order valence-corrected chi connectivity index (χ3v) is 8.10. The zero-order valence-electron chi connectivity index (χ0n) is 24.5. The van der Waals surface area contributed by atoms with Crippen LogP contribution in [0.3, 0.4) is 0 Å². The maximum atomic E-state index is 14.0. The van der Waals surface area contributed by atoms with Crippen LogP contribution in [-0.4, -0.2) is 99.9 Å². The summed E-state index contributed by atoms with van der Waals surface area (Å²) in [5.41, 5.74) is 8.46. The summed E-state index contributed by atoms with van der Waals surface area (Å²) in [6, 6.07) is 11.2. The molecule has 1 aromatic carbocycles. The van der Waals surface area contributed by atoms with Gasteiger partial charge in [0.05, 0.1) is 37.7 Å². The van der Waals surface area contributed by atoms with Crippen molar-refractivity contribution in [1.82, 2.24) is 34.3 Å². The number of nitrogen functional groups attached to an aromatic ring is 1. The molecule has 1 saturated carbocycles. The zero-order chi connectivity index (χ0) is 30.0. The fourth-order valence-electron chi connectivity index (χ4n) is 5.65. The molecule has 1 aliphatic carbocycles. The second kappa shape index (κ2) is 12.1. The molecule has 14 nitrogen and oxygen atoms in total. The predicted molar refractivity (Wildman–Crippen MR) is 161 cm³/mol. The lowest BCUT2D eigenvalue weighted by molar-refractivity contribution is -0.136. The minimum absolute atomic E-state index is 0.0617. The van der Waals surface area contributed by atoms with Crippen LogP contribution in [0.1, 0.15) is 18.9 Å². The predicted octanol–water partition coefficient (Wildman–Crippen LogP) is 2.66. The van der Waals surface area contributed by atoms with Crippen LogP contribution < -0.4 is 15.4 Å². The third kappa shape index (κ3) is 5.53. The number of furan rings is 1. The van der Waals surface area contributed by atoms with Gasteiger partial charge in [-0.1, -0.05) is 0 Å². The summed E-state index contributed by atoms with van der Waals surface area (Å²) < 4.78 is 24.9. The van der Waals surface area contributed by atoms with Gasteiger partial charge in [-0.15, -0.1) is 5.10 Å². The van der Waals surface area contributed by atoms with Gasteiger partial charge in [0.1, 0.15) is 18.4 Å². The zero-order valence-corrected chi connectivity index (χ0v) is 24.5. The number of ether oxygens (including phenoxy) is 3. The van der Waals surface area contributed by atoms with Crippen LogP contribution in [0.5, 0.6) is 5.75 Å². The Hall–Kier alpha value is -4.69. The number of carbonyl (C=O) groups is 1. The van der Waals surface area contributed by atoms with Gasteiger partial charge >= 0.3 is 0 Å². The summed E-state index contributed by atoms with van der Waals surface area (Å²) >= 11 is 0. The fraction of sp³-hybridized carbons (Fsp3) is 0.433. The lowest BCUT2D eigenvalue weighted by Gasteiger charge is -2.37. The number of benzene rings is 1. The molecule has 1 unspecified atom stereocenters. The van der Waals surface area contributed by atoms with Crippen molar-refractivity contribution in [2.45, 2.75) is 18.9 Å². The highest BCUT2D eigenvalue weighted by molar-refractivity contribution is 5.92. The van der Waals surface area contributed by atoms with E-state index in [0.717, 1.165) is 37.4 Å². The van der Waals surface area contributed by atoms with Crippen molar-refractivity contribution in [2.24, 2.45) is 5.92 Å². The average molecular weight is 602 g/mol. The molecule has 2 fully saturated rings. The Balaban J connectivity index is 1.02. The van der Waals surface area contributed by atoms with Gasteiger partial charge in [0.25, 0.3) is 0 Å². The lowest BCUT2D eigenvalue weighted by Crippen LogP contribution is -2.51. The second-order valence-corrected chi connectivity index (χ2v) is 11.0. The fourth-order valence-corrected chi connectivity index (χ4v) is 5.65. The van der Waals surface area contributed by atoms with E-state index in [9.17, 15) is 4.79 Å². The molecular formula is C30H35N9O5. The molecule has 0 radical (unpaired) electrons. The molecule has 5 heterocycles. The van der Waals surface area contributed by atoms with Gasteiger partial charge in [-0.3, -0.25) is 4.79 Å². The molecule has 0 bridgehead atoms. The molecule has 1 aliphatic heterocycles. The Bertz CT molecular complexity index is 1720. The van der Waals surface area contributed by atoms with Crippen molar-refractivity contribution in [2.75, 3.05) is 70.3 Å². The van der Waals surface area contributed by atoms with Gasteiger partial charge in [-0.25, -0.2) is 9.67 Å². The van der Waals surface area contributed by atoms with Crippen LogP contribution in [0.2, 0.25) is 0 Å². The number of carbonyl (C=O) groups excluding carboxylic acids is 1. The largest absolute Gasteiger partial charge is 0.491 e. The molecule has 2 N–H and O–H groups in total. The molecule has 1 amide bonds.